The van der Waals surface area contributed by atoms with Crippen LogP contribution in [0.3, 0.4) is 0 Å². The average Bonchev–Trinajstić information content (AvgIpc) is 3.67. The third-order valence-corrected chi connectivity index (χ3v) is 13.3. The van der Waals surface area contributed by atoms with Gasteiger partial charge in [0.05, 0.1) is 13.2 Å². The largest absolute Gasteiger partial charge is 0.472 e. The standard InChI is InChI=1S/C51H90NO10P/c1-9-11-25-31-46-41(3)43(5)48(61-46)33-27-21-17-15-13-14-16-18-24-30-36-51(54)60-45(40-59-63(55,56)58-38-37-52(7)8)39-57-50(53)35-29-23-20-19-22-28-34-49-44(6)42(4)47(62-49)32-26-12-10-2/h45H,9-40H2,1-8H3,(H,55,56)/t45-/m1/s1. The van der Waals surface area contributed by atoms with Crippen LogP contribution in [0.15, 0.2) is 8.83 Å². The third kappa shape index (κ3) is 25.7. The maximum atomic E-state index is 12.8. The van der Waals surface area contributed by atoms with Crippen LogP contribution in [0.4, 0.5) is 0 Å². The number of esters is 2. The monoisotopic (exact) mass is 908 g/mol. The highest BCUT2D eigenvalue weighted by molar-refractivity contribution is 7.47. The van der Waals surface area contributed by atoms with Crippen molar-refractivity contribution in [3.63, 3.8) is 0 Å². The van der Waals surface area contributed by atoms with Crippen molar-refractivity contribution in [2.24, 2.45) is 0 Å². The van der Waals surface area contributed by atoms with Crippen molar-refractivity contribution in [1.29, 1.82) is 0 Å². The third-order valence-electron chi connectivity index (χ3n) is 12.3. The molecule has 1 N–H and O–H groups in total. The van der Waals surface area contributed by atoms with Crippen LogP contribution in [-0.4, -0.2) is 68.3 Å². The minimum atomic E-state index is -4.39. The highest BCUT2D eigenvalue weighted by Gasteiger charge is 2.26. The molecule has 2 aromatic rings. The second-order valence-electron chi connectivity index (χ2n) is 18.2. The van der Waals surface area contributed by atoms with E-state index in [-0.39, 0.29) is 26.1 Å². The van der Waals surface area contributed by atoms with Gasteiger partial charge in [-0.3, -0.25) is 18.6 Å². The van der Waals surface area contributed by atoms with E-state index in [4.69, 9.17) is 27.4 Å². The Balaban J connectivity index is 1.62. The van der Waals surface area contributed by atoms with E-state index in [9.17, 15) is 19.0 Å². The summed E-state index contributed by atoms with van der Waals surface area (Å²) in [4.78, 5) is 37.4. The number of hydrogen-bond acceptors (Lipinski definition) is 10. The molecule has 2 aromatic heterocycles. The van der Waals surface area contributed by atoms with E-state index in [0.29, 0.717) is 19.4 Å². The van der Waals surface area contributed by atoms with E-state index in [1.165, 1.54) is 111 Å². The van der Waals surface area contributed by atoms with E-state index >= 15 is 0 Å². The second kappa shape index (κ2) is 34.0. The van der Waals surface area contributed by atoms with Gasteiger partial charge in [0, 0.05) is 45.1 Å². The molecule has 0 amide bonds. The Morgan fingerprint density at radius 1 is 0.540 bits per heavy atom. The predicted octanol–water partition coefficient (Wildman–Crippen LogP) is 13.5. The summed E-state index contributed by atoms with van der Waals surface area (Å²) < 4.78 is 46.2. The SMILES string of the molecule is CCCCCc1oc(CCCCCCCCCCCCC(=O)O[C@H](COC(=O)CCCCCCCCc2oc(CCCCC)c(C)c2C)COP(=O)(O)OCCN(C)C)c(C)c1C. The number of aryl methyl sites for hydroxylation is 4. The van der Waals surface area contributed by atoms with Crippen LogP contribution in [-0.2, 0) is 58.4 Å². The maximum absolute atomic E-state index is 12.8. The molecule has 2 rings (SSSR count). The van der Waals surface area contributed by atoms with Gasteiger partial charge in [-0.2, -0.15) is 0 Å². The van der Waals surface area contributed by atoms with Crippen molar-refractivity contribution in [2.75, 3.05) is 40.5 Å². The molecule has 0 aliphatic rings. The number of phosphoric ester groups is 1. The molecule has 0 saturated carbocycles. The van der Waals surface area contributed by atoms with Gasteiger partial charge in [-0.05, 0) is 103 Å². The number of unbranched alkanes of at least 4 members (excludes halogenated alkanes) is 18. The molecule has 0 aliphatic heterocycles. The van der Waals surface area contributed by atoms with Crippen molar-refractivity contribution in [3.8, 4) is 0 Å². The second-order valence-corrected chi connectivity index (χ2v) is 19.6. The van der Waals surface area contributed by atoms with Crippen molar-refractivity contribution >= 4 is 19.8 Å². The van der Waals surface area contributed by atoms with E-state index in [2.05, 4.69) is 41.5 Å². The molecule has 0 aliphatic carbocycles. The first-order valence-electron chi connectivity index (χ1n) is 25.0. The fraction of sp³-hybridized carbons (Fsp3) is 0.804. The summed E-state index contributed by atoms with van der Waals surface area (Å²) in [5.74, 6) is 3.82. The molecule has 0 saturated heterocycles. The minimum Gasteiger partial charge on any atom is -0.466 e. The smallest absolute Gasteiger partial charge is 0.466 e. The molecule has 63 heavy (non-hydrogen) atoms. The number of carbonyl (C=O) groups is 2. The quantitative estimate of drug-likeness (QED) is 0.0388. The summed E-state index contributed by atoms with van der Waals surface area (Å²) in [7, 11) is -0.744. The van der Waals surface area contributed by atoms with Crippen molar-refractivity contribution < 1.29 is 46.4 Å². The zero-order valence-corrected chi connectivity index (χ0v) is 42.1. The van der Waals surface area contributed by atoms with Gasteiger partial charge in [-0.25, -0.2) is 4.57 Å². The van der Waals surface area contributed by atoms with Crippen molar-refractivity contribution in [1.82, 2.24) is 4.90 Å². The summed E-state index contributed by atoms with van der Waals surface area (Å²) >= 11 is 0. The van der Waals surface area contributed by atoms with E-state index < -0.39 is 32.5 Å². The Morgan fingerprint density at radius 3 is 1.30 bits per heavy atom. The van der Waals surface area contributed by atoms with E-state index in [0.717, 1.165) is 88.6 Å². The molecular formula is C51H90NO10P. The molecule has 11 nitrogen and oxygen atoms in total. The molecule has 12 heteroatoms. The van der Waals surface area contributed by atoms with Crippen LogP contribution in [0.1, 0.15) is 213 Å². The normalized spacial score (nSPS) is 13.2. The number of furan rings is 2. The molecule has 0 radical (unpaired) electrons. The molecule has 0 spiro atoms. The summed E-state index contributed by atoms with van der Waals surface area (Å²) in [6, 6.07) is 0. The van der Waals surface area contributed by atoms with Crippen LogP contribution < -0.4 is 0 Å². The summed E-state index contributed by atoms with van der Waals surface area (Å²) in [6.45, 7) is 13.0. The Labute approximate surface area is 383 Å². The molecule has 0 fully saturated rings. The summed E-state index contributed by atoms with van der Waals surface area (Å²) in [5.41, 5.74) is 5.30. The number of hydrogen-bond donors (Lipinski definition) is 1. The van der Waals surface area contributed by atoms with Gasteiger partial charge in [0.2, 0.25) is 0 Å². The summed E-state index contributed by atoms with van der Waals surface area (Å²) in [6.07, 6.45) is 27.9. The number of rotatable bonds is 40. The van der Waals surface area contributed by atoms with Gasteiger partial charge >= 0.3 is 19.8 Å². The van der Waals surface area contributed by atoms with Gasteiger partial charge < -0.3 is 28.1 Å². The Kier molecular flexibility index (Phi) is 30.6. The molecule has 364 valence electrons. The van der Waals surface area contributed by atoms with Gasteiger partial charge in [-0.1, -0.05) is 117 Å². The average molecular weight is 908 g/mol. The van der Waals surface area contributed by atoms with Gasteiger partial charge in [0.25, 0.3) is 0 Å². The van der Waals surface area contributed by atoms with Crippen molar-refractivity contribution in [3.05, 3.63) is 45.3 Å². The highest BCUT2D eigenvalue weighted by atomic mass is 31.2. The fourth-order valence-corrected chi connectivity index (χ4v) is 8.61. The first-order chi connectivity index (χ1) is 30.3. The van der Waals surface area contributed by atoms with Crippen LogP contribution in [0.25, 0.3) is 0 Å². The van der Waals surface area contributed by atoms with Crippen LogP contribution >= 0.6 is 7.82 Å². The Bertz CT molecular complexity index is 1570. The van der Waals surface area contributed by atoms with Crippen LogP contribution in [0.2, 0.25) is 0 Å². The zero-order chi connectivity index (χ0) is 46.3. The molecule has 1 unspecified atom stereocenters. The fourth-order valence-electron chi connectivity index (χ4n) is 7.87. The predicted molar refractivity (Wildman–Crippen MR) is 254 cm³/mol. The molecular weight excluding hydrogens is 818 g/mol. The minimum absolute atomic E-state index is 0.00436. The lowest BCUT2D eigenvalue weighted by molar-refractivity contribution is -0.161. The maximum Gasteiger partial charge on any atom is 0.472 e. The Morgan fingerprint density at radius 2 is 0.905 bits per heavy atom. The number of likely N-dealkylation sites (N-methyl/N-ethyl adjacent to an activating group) is 1. The number of carbonyl (C=O) groups excluding carboxylic acids is 2. The number of nitrogens with zero attached hydrogens (tertiary/aromatic N) is 1. The zero-order valence-electron chi connectivity index (χ0n) is 41.2. The lowest BCUT2D eigenvalue weighted by Gasteiger charge is -2.20. The molecule has 0 bridgehead atoms. The molecule has 0 aromatic carbocycles. The molecule has 2 atom stereocenters. The van der Waals surface area contributed by atoms with E-state index in [1.807, 2.05) is 19.0 Å². The lowest BCUT2D eigenvalue weighted by Crippen LogP contribution is -2.29. The van der Waals surface area contributed by atoms with Gasteiger partial charge in [0.15, 0.2) is 6.10 Å². The van der Waals surface area contributed by atoms with E-state index in [1.54, 1.807) is 0 Å². The van der Waals surface area contributed by atoms with Crippen LogP contribution in [0.5, 0.6) is 0 Å². The van der Waals surface area contributed by atoms with Gasteiger partial charge in [0.1, 0.15) is 29.6 Å². The summed E-state index contributed by atoms with van der Waals surface area (Å²) in [5, 5.41) is 0. The number of phosphoric acid groups is 1. The first-order valence-corrected chi connectivity index (χ1v) is 26.5. The Hall–Kier alpha value is -2.43. The lowest BCUT2D eigenvalue weighted by atomic mass is 10.0. The van der Waals surface area contributed by atoms with Crippen molar-refractivity contribution in [2.45, 2.75) is 227 Å². The topological polar surface area (TPSA) is 138 Å². The highest BCUT2D eigenvalue weighted by Crippen LogP contribution is 2.43. The number of ether oxygens (including phenoxy) is 2. The van der Waals surface area contributed by atoms with Gasteiger partial charge in [-0.15, -0.1) is 0 Å². The van der Waals surface area contributed by atoms with Crippen LogP contribution in [0, 0.1) is 27.7 Å². The molecule has 2 heterocycles. The first kappa shape index (κ1) is 56.7.